The summed E-state index contributed by atoms with van der Waals surface area (Å²) in [5.74, 6) is 1.23. The van der Waals surface area contributed by atoms with Gasteiger partial charge >= 0.3 is 0 Å². The Kier molecular flexibility index (Phi) is 3.85. The van der Waals surface area contributed by atoms with Crippen LogP contribution in [0.3, 0.4) is 0 Å². The molecule has 1 N–H and O–H groups in total. The molecule has 92 valence electrons. The molecule has 1 saturated carbocycles. The van der Waals surface area contributed by atoms with Crippen molar-refractivity contribution in [3.8, 4) is 0 Å². The summed E-state index contributed by atoms with van der Waals surface area (Å²) in [6.07, 6.45) is 6.38. The average Bonchev–Trinajstić information content (AvgIpc) is 2.46. The number of hydrogen-bond acceptors (Lipinski definition) is 2. The Morgan fingerprint density at radius 1 is 1.38 bits per heavy atom. The number of carbonyl (C=O) groups is 1. The van der Waals surface area contributed by atoms with E-state index in [4.69, 9.17) is 0 Å². The number of hydrogen-bond donors (Lipinski definition) is 1. The van der Waals surface area contributed by atoms with Crippen LogP contribution in [0.1, 0.15) is 46.0 Å². The number of rotatable bonds is 5. The molecule has 1 unspecified atom stereocenters. The summed E-state index contributed by atoms with van der Waals surface area (Å²) in [4.78, 5) is 14.1. The van der Waals surface area contributed by atoms with Crippen molar-refractivity contribution in [1.29, 1.82) is 0 Å². The van der Waals surface area contributed by atoms with Crippen molar-refractivity contribution in [3.63, 3.8) is 0 Å². The first-order valence-corrected chi connectivity index (χ1v) is 6.71. The molecule has 0 aromatic rings. The Balaban J connectivity index is 1.72. The Bertz CT molecular complexity index is 248. The molecule has 0 aromatic heterocycles. The fourth-order valence-corrected chi connectivity index (χ4v) is 2.64. The maximum atomic E-state index is 12.0. The predicted octanol–water partition coefficient (Wildman–Crippen LogP) is 1.78. The van der Waals surface area contributed by atoms with Gasteiger partial charge in [-0.25, -0.2) is 0 Å². The average molecular weight is 224 g/mol. The van der Waals surface area contributed by atoms with Crippen molar-refractivity contribution in [1.82, 2.24) is 10.2 Å². The second kappa shape index (κ2) is 5.17. The first-order chi connectivity index (χ1) is 7.66. The van der Waals surface area contributed by atoms with E-state index in [0.29, 0.717) is 11.9 Å². The molecule has 2 rings (SSSR count). The van der Waals surface area contributed by atoms with Crippen molar-refractivity contribution in [2.45, 2.75) is 58.0 Å². The maximum absolute atomic E-state index is 12.0. The largest absolute Gasteiger partial charge is 0.341 e. The zero-order chi connectivity index (χ0) is 11.5. The standard InChI is InChI=1S/C13H24N2O/c1-10(2)14-12-7-9-15(13(12)16)8-6-11-4-3-5-11/h10-12,14H,3-9H2,1-2H3. The third-order valence-electron chi connectivity index (χ3n) is 3.86. The maximum Gasteiger partial charge on any atom is 0.239 e. The molecule has 3 nitrogen and oxygen atoms in total. The molecule has 1 heterocycles. The van der Waals surface area contributed by atoms with E-state index in [1.54, 1.807) is 0 Å². The number of nitrogens with zero attached hydrogens (tertiary/aromatic N) is 1. The van der Waals surface area contributed by atoms with Gasteiger partial charge in [0.05, 0.1) is 6.04 Å². The van der Waals surface area contributed by atoms with Gasteiger partial charge in [0.25, 0.3) is 0 Å². The van der Waals surface area contributed by atoms with E-state index in [1.165, 1.54) is 25.7 Å². The Hall–Kier alpha value is -0.570. The van der Waals surface area contributed by atoms with Gasteiger partial charge in [0.1, 0.15) is 0 Å². The summed E-state index contributed by atoms with van der Waals surface area (Å²) in [6, 6.07) is 0.488. The first-order valence-electron chi connectivity index (χ1n) is 6.71. The molecule has 0 bridgehead atoms. The van der Waals surface area contributed by atoms with Crippen LogP contribution in [-0.4, -0.2) is 36.0 Å². The van der Waals surface area contributed by atoms with Gasteiger partial charge in [-0.15, -0.1) is 0 Å². The van der Waals surface area contributed by atoms with Crippen molar-refractivity contribution in [2.24, 2.45) is 5.92 Å². The second-order valence-corrected chi connectivity index (χ2v) is 5.57. The third-order valence-corrected chi connectivity index (χ3v) is 3.86. The molecule has 1 aliphatic carbocycles. The highest BCUT2D eigenvalue weighted by atomic mass is 16.2. The Morgan fingerprint density at radius 3 is 2.69 bits per heavy atom. The molecule has 0 radical (unpaired) electrons. The fraction of sp³-hybridized carbons (Fsp3) is 0.923. The van der Waals surface area contributed by atoms with E-state index in [2.05, 4.69) is 24.1 Å². The van der Waals surface area contributed by atoms with E-state index in [0.717, 1.165) is 25.4 Å². The van der Waals surface area contributed by atoms with Gasteiger partial charge in [-0.05, 0) is 18.8 Å². The number of carbonyl (C=O) groups excluding carboxylic acids is 1. The lowest BCUT2D eigenvalue weighted by molar-refractivity contribution is -0.129. The number of amides is 1. The summed E-state index contributed by atoms with van der Waals surface area (Å²) >= 11 is 0. The highest BCUT2D eigenvalue weighted by Gasteiger charge is 2.32. The van der Waals surface area contributed by atoms with Gasteiger partial charge in [-0.2, -0.15) is 0 Å². The van der Waals surface area contributed by atoms with E-state index < -0.39 is 0 Å². The zero-order valence-corrected chi connectivity index (χ0v) is 10.5. The highest BCUT2D eigenvalue weighted by molar-refractivity contribution is 5.83. The summed E-state index contributed by atoms with van der Waals surface area (Å²) in [7, 11) is 0. The topological polar surface area (TPSA) is 32.3 Å². The quantitative estimate of drug-likeness (QED) is 0.772. The van der Waals surface area contributed by atoms with E-state index >= 15 is 0 Å². The predicted molar refractivity (Wildman–Crippen MR) is 65.2 cm³/mol. The van der Waals surface area contributed by atoms with Gasteiger partial charge in [-0.3, -0.25) is 4.79 Å². The van der Waals surface area contributed by atoms with Gasteiger partial charge in [-0.1, -0.05) is 33.1 Å². The Labute approximate surface area is 98.6 Å². The lowest BCUT2D eigenvalue weighted by Crippen LogP contribution is -2.42. The van der Waals surface area contributed by atoms with Gasteiger partial charge in [0, 0.05) is 19.1 Å². The lowest BCUT2D eigenvalue weighted by Gasteiger charge is -2.27. The summed E-state index contributed by atoms with van der Waals surface area (Å²) in [5, 5.41) is 3.35. The molecule has 1 amide bonds. The summed E-state index contributed by atoms with van der Waals surface area (Å²) < 4.78 is 0. The normalized spacial score (nSPS) is 26.6. The molecule has 16 heavy (non-hydrogen) atoms. The van der Waals surface area contributed by atoms with Crippen LogP contribution in [0.25, 0.3) is 0 Å². The lowest BCUT2D eigenvalue weighted by atomic mass is 9.83. The molecule has 3 heteroatoms. The van der Waals surface area contributed by atoms with Crippen LogP contribution in [0.4, 0.5) is 0 Å². The van der Waals surface area contributed by atoms with Crippen molar-refractivity contribution >= 4 is 5.91 Å². The summed E-state index contributed by atoms with van der Waals surface area (Å²) in [6.45, 7) is 6.14. The highest BCUT2D eigenvalue weighted by Crippen LogP contribution is 2.29. The van der Waals surface area contributed by atoms with Crippen LogP contribution < -0.4 is 5.32 Å². The monoisotopic (exact) mass is 224 g/mol. The van der Waals surface area contributed by atoms with Crippen LogP contribution >= 0.6 is 0 Å². The molecular formula is C13H24N2O. The molecule has 2 aliphatic rings. The van der Waals surface area contributed by atoms with Gasteiger partial charge < -0.3 is 10.2 Å². The molecule has 0 aromatic carbocycles. The second-order valence-electron chi connectivity index (χ2n) is 5.57. The number of likely N-dealkylation sites (tertiary alicyclic amines) is 1. The van der Waals surface area contributed by atoms with Crippen LogP contribution in [0.2, 0.25) is 0 Å². The molecular weight excluding hydrogens is 200 g/mol. The van der Waals surface area contributed by atoms with E-state index in [-0.39, 0.29) is 6.04 Å². The molecule has 2 fully saturated rings. The molecule has 1 saturated heterocycles. The van der Waals surface area contributed by atoms with Crippen LogP contribution in [0.5, 0.6) is 0 Å². The molecule has 1 aliphatic heterocycles. The van der Waals surface area contributed by atoms with Crippen molar-refractivity contribution in [2.75, 3.05) is 13.1 Å². The van der Waals surface area contributed by atoms with E-state index in [9.17, 15) is 4.79 Å². The van der Waals surface area contributed by atoms with Crippen LogP contribution in [0, 0.1) is 5.92 Å². The molecule has 1 atom stereocenters. The minimum Gasteiger partial charge on any atom is -0.341 e. The van der Waals surface area contributed by atoms with Gasteiger partial charge in [0.15, 0.2) is 0 Å². The van der Waals surface area contributed by atoms with Crippen LogP contribution in [-0.2, 0) is 4.79 Å². The smallest absolute Gasteiger partial charge is 0.239 e. The zero-order valence-electron chi connectivity index (χ0n) is 10.5. The first kappa shape index (κ1) is 11.9. The van der Waals surface area contributed by atoms with Crippen LogP contribution in [0.15, 0.2) is 0 Å². The third kappa shape index (κ3) is 2.76. The Morgan fingerprint density at radius 2 is 2.12 bits per heavy atom. The van der Waals surface area contributed by atoms with Gasteiger partial charge in [0.2, 0.25) is 5.91 Å². The minimum atomic E-state index is 0.0846. The molecule has 0 spiro atoms. The fourth-order valence-electron chi connectivity index (χ4n) is 2.64. The van der Waals surface area contributed by atoms with Crippen molar-refractivity contribution < 1.29 is 4.79 Å². The SMILES string of the molecule is CC(C)NC1CCN(CCC2CCC2)C1=O. The summed E-state index contributed by atoms with van der Waals surface area (Å²) in [5.41, 5.74) is 0. The van der Waals surface area contributed by atoms with E-state index in [1.807, 2.05) is 0 Å². The minimum absolute atomic E-state index is 0.0846. The van der Waals surface area contributed by atoms with Crippen molar-refractivity contribution in [3.05, 3.63) is 0 Å². The number of nitrogens with one attached hydrogen (secondary N) is 1.